The molecule has 3 rings (SSSR count). The molecule has 0 saturated carbocycles. The topological polar surface area (TPSA) is 71.4 Å². The molecule has 0 amide bonds. The predicted octanol–water partition coefficient (Wildman–Crippen LogP) is 4.28. The fourth-order valence-electron chi connectivity index (χ4n) is 2.42. The summed E-state index contributed by atoms with van der Waals surface area (Å²) in [6, 6.07) is 15.3. The van der Waals surface area contributed by atoms with Gasteiger partial charge in [0.05, 0.1) is 18.8 Å². The van der Waals surface area contributed by atoms with Crippen molar-refractivity contribution in [2.75, 3.05) is 6.54 Å². The van der Waals surface area contributed by atoms with Gasteiger partial charge in [0.25, 0.3) is 0 Å². The van der Waals surface area contributed by atoms with Crippen LogP contribution in [-0.4, -0.2) is 22.5 Å². The molecule has 2 N–H and O–H groups in total. The minimum absolute atomic E-state index is 0. The van der Waals surface area contributed by atoms with Gasteiger partial charge in [-0.05, 0) is 55.0 Å². The van der Waals surface area contributed by atoms with Crippen molar-refractivity contribution in [3.05, 3.63) is 84.1 Å². The summed E-state index contributed by atoms with van der Waals surface area (Å²) in [5.74, 6) is 1.36. The van der Waals surface area contributed by atoms with Crippen LogP contribution in [-0.2, 0) is 13.1 Å². The zero-order valence-corrected chi connectivity index (χ0v) is 18.3. The molecule has 2 heterocycles. The van der Waals surface area contributed by atoms with Gasteiger partial charge in [0.15, 0.2) is 5.96 Å². The Balaban J connectivity index is 0.00000300. The van der Waals surface area contributed by atoms with Gasteiger partial charge < -0.3 is 15.4 Å². The Kier molecular flexibility index (Phi) is 9.29. The predicted molar refractivity (Wildman–Crippen MR) is 122 cm³/mol. The molecule has 0 fully saturated rings. The van der Waals surface area contributed by atoms with E-state index in [9.17, 15) is 4.39 Å². The van der Waals surface area contributed by atoms with E-state index in [1.54, 1.807) is 24.5 Å². The van der Waals surface area contributed by atoms with Crippen molar-refractivity contribution >= 4 is 29.9 Å². The second kappa shape index (κ2) is 11.9. The van der Waals surface area contributed by atoms with Crippen LogP contribution in [0.2, 0.25) is 0 Å². The first-order valence-electron chi connectivity index (χ1n) is 9.03. The second-order valence-electron chi connectivity index (χ2n) is 5.93. The number of nitrogens with one attached hydrogen (secondary N) is 2. The summed E-state index contributed by atoms with van der Waals surface area (Å²) < 4.78 is 18.7. The van der Waals surface area contributed by atoms with E-state index in [0.717, 1.165) is 17.8 Å². The van der Waals surface area contributed by atoms with Crippen molar-refractivity contribution in [3.8, 4) is 11.6 Å². The van der Waals surface area contributed by atoms with Crippen LogP contribution in [0.25, 0.3) is 0 Å². The third kappa shape index (κ3) is 7.65. The molecule has 3 aromatic rings. The van der Waals surface area contributed by atoms with E-state index >= 15 is 0 Å². The Morgan fingerprint density at radius 2 is 1.86 bits per heavy atom. The maximum absolute atomic E-state index is 13.0. The molecule has 0 saturated heterocycles. The zero-order valence-electron chi connectivity index (χ0n) is 16.0. The van der Waals surface area contributed by atoms with Crippen LogP contribution in [0.4, 0.5) is 4.39 Å². The molecule has 1 aromatic carbocycles. The molecule has 0 spiro atoms. The number of benzene rings is 1. The monoisotopic (exact) mass is 507 g/mol. The second-order valence-corrected chi connectivity index (χ2v) is 5.93. The number of aliphatic imine (C=N–C) groups is 1. The fourth-order valence-corrected chi connectivity index (χ4v) is 2.42. The van der Waals surface area contributed by atoms with Gasteiger partial charge in [-0.25, -0.2) is 14.4 Å². The summed E-state index contributed by atoms with van der Waals surface area (Å²) in [4.78, 5) is 13.1. The van der Waals surface area contributed by atoms with Crippen molar-refractivity contribution in [2.24, 2.45) is 4.99 Å². The highest BCUT2D eigenvalue weighted by Crippen LogP contribution is 2.20. The van der Waals surface area contributed by atoms with Gasteiger partial charge >= 0.3 is 0 Å². The molecule has 0 atom stereocenters. The molecule has 0 aliphatic heterocycles. The van der Waals surface area contributed by atoms with Gasteiger partial charge in [-0.3, -0.25) is 4.98 Å². The summed E-state index contributed by atoms with van der Waals surface area (Å²) in [6.07, 6.45) is 3.43. The Bertz CT molecular complexity index is 906. The minimum Gasteiger partial charge on any atom is -0.439 e. The van der Waals surface area contributed by atoms with Crippen molar-refractivity contribution < 1.29 is 9.13 Å². The number of nitrogens with zero attached hydrogens (tertiary/aromatic N) is 3. The summed E-state index contributed by atoms with van der Waals surface area (Å²) in [6.45, 7) is 3.81. The van der Waals surface area contributed by atoms with E-state index in [2.05, 4.69) is 25.6 Å². The smallest absolute Gasteiger partial charge is 0.219 e. The van der Waals surface area contributed by atoms with Gasteiger partial charge in [-0.15, -0.1) is 24.0 Å². The first-order chi connectivity index (χ1) is 13.7. The quantitative estimate of drug-likeness (QED) is 0.284. The molecule has 8 heteroatoms. The van der Waals surface area contributed by atoms with Crippen molar-refractivity contribution in [3.63, 3.8) is 0 Å². The highest BCUT2D eigenvalue weighted by molar-refractivity contribution is 14.0. The number of guanidine groups is 1. The van der Waals surface area contributed by atoms with Gasteiger partial charge in [0.1, 0.15) is 11.6 Å². The normalized spacial score (nSPS) is 10.8. The van der Waals surface area contributed by atoms with Crippen molar-refractivity contribution in [1.29, 1.82) is 0 Å². The van der Waals surface area contributed by atoms with Crippen LogP contribution in [0.15, 0.2) is 72.0 Å². The van der Waals surface area contributed by atoms with Gasteiger partial charge in [-0.1, -0.05) is 6.07 Å². The molecule has 29 heavy (non-hydrogen) atoms. The first-order valence-corrected chi connectivity index (χ1v) is 9.03. The van der Waals surface area contributed by atoms with Crippen LogP contribution in [0.3, 0.4) is 0 Å². The SMILES string of the molecule is CCNC(=NCc1ccnc(Oc2ccc(F)cc2)c1)NCc1ccccn1.I. The standard InChI is InChI=1S/C21H22FN5O.HI/c1-2-23-21(27-15-18-5-3-4-11-24-18)26-14-16-10-12-25-20(13-16)28-19-8-6-17(22)7-9-19;/h3-13H,2,14-15H2,1H3,(H2,23,26,27);1H. The lowest BCUT2D eigenvalue weighted by Crippen LogP contribution is -2.37. The van der Waals surface area contributed by atoms with E-state index < -0.39 is 0 Å². The number of halogens is 2. The fraction of sp³-hybridized carbons (Fsp3) is 0.190. The Morgan fingerprint density at radius 3 is 2.59 bits per heavy atom. The third-order valence-corrected chi connectivity index (χ3v) is 3.76. The average molecular weight is 507 g/mol. The molecule has 0 aliphatic carbocycles. The molecule has 0 radical (unpaired) electrons. The van der Waals surface area contributed by atoms with E-state index in [4.69, 9.17) is 4.74 Å². The third-order valence-electron chi connectivity index (χ3n) is 3.76. The molecule has 2 aromatic heterocycles. The molecular weight excluding hydrogens is 484 g/mol. The Morgan fingerprint density at radius 1 is 1.03 bits per heavy atom. The van der Waals surface area contributed by atoms with Crippen LogP contribution < -0.4 is 15.4 Å². The molecule has 0 aliphatic rings. The summed E-state index contributed by atoms with van der Waals surface area (Å²) in [5.41, 5.74) is 1.88. The number of rotatable bonds is 7. The van der Waals surface area contributed by atoms with Gasteiger partial charge in [0.2, 0.25) is 5.88 Å². The first kappa shape index (κ1) is 22.5. The lowest BCUT2D eigenvalue weighted by Gasteiger charge is -2.11. The van der Waals surface area contributed by atoms with E-state index in [1.165, 1.54) is 12.1 Å². The van der Waals surface area contributed by atoms with Crippen LogP contribution in [0.5, 0.6) is 11.6 Å². The molecule has 0 bridgehead atoms. The number of aromatic nitrogens is 2. The van der Waals surface area contributed by atoms with Gasteiger partial charge in [-0.2, -0.15) is 0 Å². The number of hydrogen-bond donors (Lipinski definition) is 2. The van der Waals surface area contributed by atoms with Crippen molar-refractivity contribution in [2.45, 2.75) is 20.0 Å². The summed E-state index contributed by atoms with van der Waals surface area (Å²) in [7, 11) is 0. The number of pyridine rings is 2. The largest absolute Gasteiger partial charge is 0.439 e. The Labute approximate surface area is 186 Å². The van der Waals surface area contributed by atoms with Gasteiger partial charge in [0, 0.05) is 25.0 Å². The van der Waals surface area contributed by atoms with Crippen molar-refractivity contribution in [1.82, 2.24) is 20.6 Å². The molecule has 0 unspecified atom stereocenters. The summed E-state index contributed by atoms with van der Waals surface area (Å²) in [5, 5.41) is 6.47. The molecule has 6 nitrogen and oxygen atoms in total. The maximum atomic E-state index is 13.0. The van der Waals surface area contributed by atoms with E-state index in [-0.39, 0.29) is 29.8 Å². The Hall–Kier alpha value is -2.75. The number of hydrogen-bond acceptors (Lipinski definition) is 4. The van der Waals surface area contributed by atoms with E-state index in [0.29, 0.717) is 30.7 Å². The van der Waals surface area contributed by atoms with Crippen LogP contribution in [0.1, 0.15) is 18.2 Å². The number of ether oxygens (including phenoxy) is 1. The van der Waals surface area contributed by atoms with Crippen LogP contribution >= 0.6 is 24.0 Å². The maximum Gasteiger partial charge on any atom is 0.219 e. The molecular formula is C21H23FIN5O. The lowest BCUT2D eigenvalue weighted by molar-refractivity contribution is 0.460. The highest BCUT2D eigenvalue weighted by Gasteiger charge is 2.03. The van der Waals surface area contributed by atoms with E-state index in [1.807, 2.05) is 37.3 Å². The minimum atomic E-state index is -0.308. The lowest BCUT2D eigenvalue weighted by atomic mass is 10.2. The van der Waals surface area contributed by atoms with Crippen LogP contribution in [0, 0.1) is 5.82 Å². The zero-order chi connectivity index (χ0) is 19.6. The highest BCUT2D eigenvalue weighted by atomic mass is 127. The summed E-state index contributed by atoms with van der Waals surface area (Å²) >= 11 is 0. The average Bonchev–Trinajstić information content (AvgIpc) is 2.73. The molecule has 152 valence electrons.